The summed E-state index contributed by atoms with van der Waals surface area (Å²) in [5.74, 6) is 2.89. The minimum Gasteiger partial charge on any atom is -0.507 e. The van der Waals surface area contributed by atoms with Gasteiger partial charge in [0.25, 0.3) is 0 Å². The molecule has 6 aromatic rings. The van der Waals surface area contributed by atoms with E-state index >= 15 is 0 Å². The summed E-state index contributed by atoms with van der Waals surface area (Å²) < 4.78 is 0. The van der Waals surface area contributed by atoms with Gasteiger partial charge in [-0.3, -0.25) is 0 Å². The Bertz CT molecular complexity index is 3640. The Kier molecular flexibility index (Phi) is 37.7. The molecule has 0 spiro atoms. The molecule has 0 heterocycles. The number of benzene rings is 6. The van der Waals surface area contributed by atoms with Crippen LogP contribution in [0.25, 0.3) is 0 Å². The largest absolute Gasteiger partial charge is 0.507 e. The molecule has 0 amide bonds. The monoisotopic (exact) mass is 1530 g/mol. The van der Waals surface area contributed by atoms with Crippen LogP contribution in [-0.4, -0.2) is 30.6 Å². The van der Waals surface area contributed by atoms with E-state index in [1.54, 1.807) is 0 Å². The number of phenolic OH excluding ortho intramolecular Hbond substituents is 6. The van der Waals surface area contributed by atoms with Crippen LogP contribution in [0.4, 0.5) is 0 Å². The zero-order valence-electron chi connectivity index (χ0n) is 80.2. The van der Waals surface area contributed by atoms with Crippen LogP contribution < -0.4 is 0 Å². The molecule has 0 aliphatic heterocycles. The molecule has 0 aliphatic rings. The van der Waals surface area contributed by atoms with E-state index in [9.17, 15) is 30.6 Å². The van der Waals surface area contributed by atoms with E-state index in [-0.39, 0.29) is 65.0 Å². The van der Waals surface area contributed by atoms with Gasteiger partial charge in [0.05, 0.1) is 0 Å². The number of aryl methyl sites for hydroxylation is 6. The van der Waals surface area contributed by atoms with Crippen molar-refractivity contribution in [2.75, 3.05) is 0 Å². The van der Waals surface area contributed by atoms with Crippen molar-refractivity contribution in [3.63, 3.8) is 0 Å². The molecule has 0 atom stereocenters. The van der Waals surface area contributed by atoms with E-state index in [0.29, 0.717) is 34.5 Å². The number of aromatic hydroxyl groups is 6. The molecule has 630 valence electrons. The van der Waals surface area contributed by atoms with Gasteiger partial charge in [-0.2, -0.15) is 0 Å². The Balaban J connectivity index is 0.000000667. The highest BCUT2D eigenvalue weighted by atomic mass is 16.3. The predicted octanol–water partition coefficient (Wildman–Crippen LogP) is 30.9. The molecule has 6 nitrogen and oxygen atoms in total. The second-order valence-corrected chi connectivity index (χ2v) is 44.9. The fourth-order valence-corrected chi connectivity index (χ4v) is 13.9. The van der Waals surface area contributed by atoms with Crippen molar-refractivity contribution in [3.8, 4) is 34.5 Å². The van der Waals surface area contributed by atoms with E-state index in [0.717, 1.165) is 105 Å². The molecule has 0 bridgehead atoms. The average molecular weight is 1530 g/mol. The number of rotatable bonds is 15. The zero-order valence-corrected chi connectivity index (χ0v) is 80.2. The third kappa shape index (κ3) is 32.7. The van der Waals surface area contributed by atoms with Crippen molar-refractivity contribution in [3.05, 3.63) is 173 Å². The SMILES string of the molecule is CCCCCCc1cc(C(C)(C)C)c(O)c(C(C)(C)C)c1.CCCCCc1cc(C(C)(C)C)c(O)c(C(C)(C)C)c1.CCCCc1cc(C(C)(C)C)c(O)c(C(C)(C)C)c1.CCCc1cc(C(C)(C)C)c(O)c(C(C)(C)C)c1.CCc1cc(C(C)(C)C)c(O)c(C(C)(C)C)c1.Cc1cc(C(C)(C)C)c(O)c(C(C)(C)C)c1. The third-order valence-corrected chi connectivity index (χ3v) is 21.0. The Hall–Kier alpha value is -5.88. The lowest BCUT2D eigenvalue weighted by atomic mass is 9.78. The molecule has 0 aromatic heterocycles. The van der Waals surface area contributed by atoms with Crippen molar-refractivity contribution < 1.29 is 30.6 Å². The van der Waals surface area contributed by atoms with Crippen molar-refractivity contribution in [1.82, 2.24) is 0 Å². The van der Waals surface area contributed by atoms with Gasteiger partial charge in [-0.15, -0.1) is 0 Å². The summed E-state index contributed by atoms with van der Waals surface area (Å²) in [6, 6.07) is 26.1. The standard InChI is InChI=1S/C20H34O.C19H32O.C18H30O.C17H28O.C16H26O.C15H24O/c1-8-9-10-11-12-15-13-16(19(2,3)4)18(21)17(14-15)20(5,6)7;1-8-9-10-11-14-12-15(18(2,3)4)17(20)16(13-14)19(5,6)7;1-8-9-10-13-11-14(17(2,3)4)16(19)15(12-13)18(5,6)7;1-8-9-12-10-13(16(2,3)4)15(18)14(11-12)17(5,6)7;1-8-11-9-12(15(2,3)4)14(17)13(10-11)16(5,6)7;1-10-8-11(14(2,3)4)13(16)12(9-10)15(5,6)7/h13-14,21H,8-12H2,1-7H3;12-13,20H,8-11H2,1-7H3;11-12,19H,8-10H2,1-7H3;10-11,18H,8-9H2,1-7H3;9-10,17H,8H2,1-7H3;8-9,16H,1-7H3. The third-order valence-electron chi connectivity index (χ3n) is 21.0. The minimum absolute atomic E-state index is 0.0178. The van der Waals surface area contributed by atoms with Gasteiger partial charge in [-0.1, -0.05) is 407 Å². The normalized spacial score (nSPS) is 12.8. The van der Waals surface area contributed by atoms with Gasteiger partial charge in [-0.25, -0.2) is 0 Å². The Morgan fingerprint density at radius 1 is 0.180 bits per heavy atom. The van der Waals surface area contributed by atoms with Gasteiger partial charge >= 0.3 is 0 Å². The first-order valence-electron chi connectivity index (χ1n) is 43.1. The summed E-state index contributed by atoms with van der Waals surface area (Å²) in [5, 5.41) is 63.4. The van der Waals surface area contributed by atoms with Crippen LogP contribution in [0.1, 0.15) is 448 Å². The fraction of sp³-hybridized carbons (Fsp3) is 0.657. The van der Waals surface area contributed by atoms with Crippen LogP contribution in [0.3, 0.4) is 0 Å². The van der Waals surface area contributed by atoms with Crippen molar-refractivity contribution in [2.24, 2.45) is 0 Å². The number of hydrogen-bond acceptors (Lipinski definition) is 6. The van der Waals surface area contributed by atoms with Crippen LogP contribution in [0.15, 0.2) is 72.8 Å². The van der Waals surface area contributed by atoms with Crippen molar-refractivity contribution in [1.29, 1.82) is 0 Å². The maximum Gasteiger partial charge on any atom is 0.123 e. The zero-order chi connectivity index (χ0) is 86.9. The summed E-state index contributed by atoms with van der Waals surface area (Å²) in [6.07, 6.45) is 17.8. The van der Waals surface area contributed by atoms with Crippen LogP contribution in [-0.2, 0) is 97.1 Å². The Labute approximate surface area is 686 Å². The van der Waals surface area contributed by atoms with Crippen LogP contribution in [0.5, 0.6) is 34.5 Å². The highest BCUT2D eigenvalue weighted by Gasteiger charge is 2.33. The first-order chi connectivity index (χ1) is 49.9. The summed E-state index contributed by atoms with van der Waals surface area (Å²) in [5.41, 5.74) is 20.5. The van der Waals surface area contributed by atoms with E-state index in [1.807, 2.05) is 0 Å². The van der Waals surface area contributed by atoms with Crippen LogP contribution in [0, 0.1) is 6.92 Å². The van der Waals surface area contributed by atoms with Gasteiger partial charge in [0.2, 0.25) is 0 Å². The first kappa shape index (κ1) is 103. The number of unbranched alkanes of at least 4 members (excludes halogenated alkanes) is 6. The van der Waals surface area contributed by atoms with E-state index in [4.69, 9.17) is 0 Å². The van der Waals surface area contributed by atoms with Gasteiger partial charge in [0.15, 0.2) is 0 Å². The summed E-state index contributed by atoms with van der Waals surface area (Å²) in [6.45, 7) is 90.8. The summed E-state index contributed by atoms with van der Waals surface area (Å²) in [7, 11) is 0. The molecular formula is C105H174O6. The van der Waals surface area contributed by atoms with Crippen LogP contribution >= 0.6 is 0 Å². The van der Waals surface area contributed by atoms with Gasteiger partial charge in [-0.05, 0) is 218 Å². The minimum atomic E-state index is -0.0243. The van der Waals surface area contributed by atoms with E-state index in [1.165, 1.54) is 91.2 Å². The number of hydrogen-bond donors (Lipinski definition) is 6. The first-order valence-corrected chi connectivity index (χ1v) is 43.1. The topological polar surface area (TPSA) is 121 Å². The molecule has 0 radical (unpaired) electrons. The van der Waals surface area contributed by atoms with Gasteiger partial charge in [0.1, 0.15) is 34.5 Å². The fourth-order valence-electron chi connectivity index (χ4n) is 13.9. The second kappa shape index (κ2) is 40.6. The van der Waals surface area contributed by atoms with Crippen molar-refractivity contribution in [2.45, 2.75) is 452 Å². The smallest absolute Gasteiger partial charge is 0.123 e. The number of phenols is 6. The van der Waals surface area contributed by atoms with Gasteiger partial charge < -0.3 is 30.6 Å². The molecule has 0 aliphatic carbocycles. The van der Waals surface area contributed by atoms with Crippen LogP contribution in [0.2, 0.25) is 0 Å². The molecule has 0 unspecified atom stereocenters. The molecule has 6 heteroatoms. The molecular weight excluding hydrogens is 1360 g/mol. The molecule has 6 N–H and O–H groups in total. The molecule has 0 saturated carbocycles. The lowest BCUT2D eigenvalue weighted by molar-refractivity contribution is 0.421. The molecule has 6 rings (SSSR count). The molecule has 6 aromatic carbocycles. The molecule has 111 heavy (non-hydrogen) atoms. The highest BCUT2D eigenvalue weighted by Crippen LogP contribution is 2.47. The molecule has 0 fully saturated rings. The summed E-state index contributed by atoms with van der Waals surface area (Å²) >= 11 is 0. The second-order valence-electron chi connectivity index (χ2n) is 44.9. The predicted molar refractivity (Wildman–Crippen MR) is 491 cm³/mol. The molecule has 0 saturated heterocycles. The Morgan fingerprint density at radius 2 is 0.333 bits per heavy atom. The van der Waals surface area contributed by atoms with Crippen molar-refractivity contribution >= 4 is 0 Å². The maximum absolute atomic E-state index is 10.7. The Morgan fingerprint density at radius 3 is 0.505 bits per heavy atom. The maximum atomic E-state index is 10.7. The van der Waals surface area contributed by atoms with E-state index < -0.39 is 0 Å². The summed E-state index contributed by atoms with van der Waals surface area (Å²) in [4.78, 5) is 0. The van der Waals surface area contributed by atoms with E-state index in [2.05, 4.69) is 364 Å². The lowest BCUT2D eigenvalue weighted by Gasteiger charge is -2.28. The highest BCUT2D eigenvalue weighted by molar-refractivity contribution is 5.55. The average Bonchev–Trinajstić information content (AvgIpc) is 0.812. The lowest BCUT2D eigenvalue weighted by Crippen LogP contribution is -2.18. The quantitative estimate of drug-likeness (QED) is 0.0570. The van der Waals surface area contributed by atoms with Gasteiger partial charge in [0, 0.05) is 0 Å².